The van der Waals surface area contributed by atoms with Crippen LogP contribution in [0.2, 0.25) is 10.0 Å². The predicted octanol–water partition coefficient (Wildman–Crippen LogP) is 4.79. The number of nitrogens with one attached hydrogen (secondary N) is 1. The summed E-state index contributed by atoms with van der Waals surface area (Å²) in [7, 11) is 0. The van der Waals surface area contributed by atoms with Crippen LogP contribution in [0.3, 0.4) is 0 Å². The standard InChI is InChI=1S/C21H18Cl2N2O4/c1-3-28-19(26)12-29-20-17(22)9-14(10-18(20)23)8-15(11-24)21(27)25-16-6-4-5-13(2)7-16/h4-10H,3,12H2,1-2H3,(H,25,27)/b15-8-. The first kappa shape index (κ1) is 22.3. The SMILES string of the molecule is CCOC(=O)COc1c(Cl)cc(/C=C(/C#N)C(=O)Nc2cccc(C)c2)cc1Cl. The fourth-order valence-corrected chi connectivity index (χ4v) is 2.98. The topological polar surface area (TPSA) is 88.4 Å². The molecule has 0 aromatic heterocycles. The Balaban J connectivity index is 2.19. The van der Waals surface area contributed by atoms with Crippen molar-refractivity contribution >= 4 is 46.8 Å². The van der Waals surface area contributed by atoms with Crippen molar-refractivity contribution in [1.82, 2.24) is 0 Å². The van der Waals surface area contributed by atoms with Crippen LogP contribution >= 0.6 is 23.2 Å². The van der Waals surface area contributed by atoms with Crippen LogP contribution in [-0.4, -0.2) is 25.1 Å². The minimum atomic E-state index is -0.562. The van der Waals surface area contributed by atoms with E-state index in [4.69, 9.17) is 32.7 Å². The number of hydrogen-bond acceptors (Lipinski definition) is 5. The number of hydrogen-bond donors (Lipinski definition) is 1. The molecule has 0 radical (unpaired) electrons. The summed E-state index contributed by atoms with van der Waals surface area (Å²) in [5.41, 5.74) is 1.86. The van der Waals surface area contributed by atoms with Crippen LogP contribution in [0.25, 0.3) is 6.08 Å². The lowest BCUT2D eigenvalue weighted by Gasteiger charge is -2.10. The summed E-state index contributed by atoms with van der Waals surface area (Å²) in [4.78, 5) is 23.8. The highest BCUT2D eigenvalue weighted by Gasteiger charge is 2.14. The van der Waals surface area contributed by atoms with Gasteiger partial charge >= 0.3 is 5.97 Å². The smallest absolute Gasteiger partial charge is 0.344 e. The van der Waals surface area contributed by atoms with Gasteiger partial charge in [0.1, 0.15) is 11.6 Å². The molecule has 0 aliphatic rings. The van der Waals surface area contributed by atoms with E-state index in [1.54, 1.807) is 25.1 Å². The van der Waals surface area contributed by atoms with Gasteiger partial charge in [-0.25, -0.2) is 4.79 Å². The number of amides is 1. The zero-order chi connectivity index (χ0) is 21.4. The Hall–Kier alpha value is -3.01. The molecule has 150 valence electrons. The first-order valence-electron chi connectivity index (χ1n) is 8.61. The summed E-state index contributed by atoms with van der Waals surface area (Å²) in [6, 6.07) is 12.0. The molecule has 0 atom stereocenters. The van der Waals surface area contributed by atoms with E-state index in [1.807, 2.05) is 19.1 Å². The van der Waals surface area contributed by atoms with Gasteiger partial charge in [-0.2, -0.15) is 5.26 Å². The summed E-state index contributed by atoms with van der Waals surface area (Å²) in [5.74, 6) is -1.00. The van der Waals surface area contributed by atoms with Crippen LogP contribution in [-0.2, 0) is 14.3 Å². The number of rotatable bonds is 7. The van der Waals surface area contributed by atoms with Crippen LogP contribution in [0.4, 0.5) is 5.69 Å². The molecule has 6 nitrogen and oxygen atoms in total. The Morgan fingerprint density at radius 1 is 1.21 bits per heavy atom. The number of aryl methyl sites for hydroxylation is 1. The van der Waals surface area contributed by atoms with Crippen molar-refractivity contribution in [1.29, 1.82) is 5.26 Å². The summed E-state index contributed by atoms with van der Waals surface area (Å²) in [6.07, 6.45) is 1.36. The summed E-state index contributed by atoms with van der Waals surface area (Å²) < 4.78 is 10.1. The molecule has 1 N–H and O–H groups in total. The van der Waals surface area contributed by atoms with Gasteiger partial charge < -0.3 is 14.8 Å². The monoisotopic (exact) mass is 432 g/mol. The van der Waals surface area contributed by atoms with Crippen molar-refractivity contribution in [2.24, 2.45) is 0 Å². The molecule has 1 amide bonds. The predicted molar refractivity (Wildman–Crippen MR) is 112 cm³/mol. The van der Waals surface area contributed by atoms with Gasteiger partial charge in [0, 0.05) is 5.69 Å². The largest absolute Gasteiger partial charge is 0.479 e. The second-order valence-corrected chi connectivity index (χ2v) is 6.72. The van der Waals surface area contributed by atoms with E-state index < -0.39 is 11.9 Å². The third-order valence-corrected chi connectivity index (χ3v) is 4.17. The lowest BCUT2D eigenvalue weighted by Crippen LogP contribution is -2.15. The number of halogens is 2. The number of carbonyl (C=O) groups is 2. The van der Waals surface area contributed by atoms with Gasteiger partial charge in [-0.3, -0.25) is 4.79 Å². The maximum absolute atomic E-state index is 12.4. The van der Waals surface area contributed by atoms with E-state index in [0.717, 1.165) is 5.56 Å². The second kappa shape index (κ2) is 10.5. The Morgan fingerprint density at radius 2 is 1.90 bits per heavy atom. The molecule has 2 aromatic carbocycles. The van der Waals surface area contributed by atoms with Crippen molar-refractivity contribution in [2.45, 2.75) is 13.8 Å². The van der Waals surface area contributed by atoms with Crippen LogP contribution in [0.5, 0.6) is 5.75 Å². The molecule has 0 unspecified atom stereocenters. The van der Waals surface area contributed by atoms with Gasteiger partial charge in [0.2, 0.25) is 0 Å². The molecule has 0 aliphatic heterocycles. The molecule has 29 heavy (non-hydrogen) atoms. The van der Waals surface area contributed by atoms with Crippen LogP contribution in [0.15, 0.2) is 42.0 Å². The maximum Gasteiger partial charge on any atom is 0.344 e. The Labute approximate surface area is 178 Å². The maximum atomic E-state index is 12.4. The lowest BCUT2D eigenvalue weighted by molar-refractivity contribution is -0.145. The molecule has 0 fully saturated rings. The highest BCUT2D eigenvalue weighted by molar-refractivity contribution is 6.37. The summed E-state index contributed by atoms with van der Waals surface area (Å²) in [6.45, 7) is 3.47. The molecule has 0 saturated heterocycles. The van der Waals surface area contributed by atoms with E-state index in [0.29, 0.717) is 11.3 Å². The number of carbonyl (C=O) groups excluding carboxylic acids is 2. The van der Waals surface area contributed by atoms with Gasteiger partial charge in [-0.15, -0.1) is 0 Å². The van der Waals surface area contributed by atoms with Crippen LogP contribution in [0, 0.1) is 18.3 Å². The molecule has 0 bridgehead atoms. The molecule has 0 heterocycles. The van der Waals surface area contributed by atoms with E-state index in [1.165, 1.54) is 18.2 Å². The number of ether oxygens (including phenoxy) is 2. The van der Waals surface area contributed by atoms with Crippen molar-refractivity contribution < 1.29 is 19.1 Å². The van der Waals surface area contributed by atoms with Gasteiger partial charge in [-0.1, -0.05) is 35.3 Å². The van der Waals surface area contributed by atoms with E-state index in [-0.39, 0.29) is 34.6 Å². The Bertz CT molecular complexity index is 973. The Kier molecular flexibility index (Phi) is 8.08. The average Bonchev–Trinajstić information content (AvgIpc) is 2.65. The van der Waals surface area contributed by atoms with Crippen molar-refractivity contribution in [3.8, 4) is 11.8 Å². The van der Waals surface area contributed by atoms with Gasteiger partial charge in [0.05, 0.1) is 16.7 Å². The minimum absolute atomic E-state index is 0.112. The molecule has 0 aliphatic carbocycles. The van der Waals surface area contributed by atoms with Crippen molar-refractivity contribution in [2.75, 3.05) is 18.5 Å². The highest BCUT2D eigenvalue weighted by Crippen LogP contribution is 2.35. The van der Waals surface area contributed by atoms with Crippen LogP contribution < -0.4 is 10.1 Å². The molecular formula is C21H18Cl2N2O4. The third kappa shape index (κ3) is 6.53. The first-order chi connectivity index (χ1) is 13.8. The lowest BCUT2D eigenvalue weighted by atomic mass is 10.1. The number of benzene rings is 2. The summed E-state index contributed by atoms with van der Waals surface area (Å²) >= 11 is 12.3. The fourth-order valence-electron chi connectivity index (χ4n) is 2.37. The summed E-state index contributed by atoms with van der Waals surface area (Å²) in [5, 5.41) is 12.3. The number of nitriles is 1. The van der Waals surface area contributed by atoms with E-state index in [9.17, 15) is 14.9 Å². The number of nitrogens with zero attached hydrogens (tertiary/aromatic N) is 1. The zero-order valence-electron chi connectivity index (χ0n) is 15.8. The molecule has 2 rings (SSSR count). The quantitative estimate of drug-likeness (QED) is 0.385. The second-order valence-electron chi connectivity index (χ2n) is 5.90. The van der Waals surface area contributed by atoms with E-state index >= 15 is 0 Å². The van der Waals surface area contributed by atoms with Crippen LogP contribution in [0.1, 0.15) is 18.1 Å². The minimum Gasteiger partial charge on any atom is -0.479 e. The van der Waals surface area contributed by atoms with E-state index in [2.05, 4.69) is 5.32 Å². The van der Waals surface area contributed by atoms with Gasteiger partial charge in [0.15, 0.2) is 12.4 Å². The molecule has 0 saturated carbocycles. The zero-order valence-corrected chi connectivity index (χ0v) is 17.3. The van der Waals surface area contributed by atoms with Crippen molar-refractivity contribution in [3.05, 3.63) is 63.1 Å². The Morgan fingerprint density at radius 3 is 2.48 bits per heavy atom. The van der Waals surface area contributed by atoms with Crippen molar-refractivity contribution in [3.63, 3.8) is 0 Å². The number of anilines is 1. The molecule has 8 heteroatoms. The highest BCUT2D eigenvalue weighted by atomic mass is 35.5. The third-order valence-electron chi connectivity index (χ3n) is 3.61. The van der Waals surface area contributed by atoms with Gasteiger partial charge in [0.25, 0.3) is 5.91 Å². The van der Waals surface area contributed by atoms with Gasteiger partial charge in [-0.05, 0) is 55.3 Å². The average molecular weight is 433 g/mol. The first-order valence-corrected chi connectivity index (χ1v) is 9.37. The molecule has 2 aromatic rings. The fraction of sp³-hybridized carbons (Fsp3) is 0.190. The normalized spacial score (nSPS) is 10.8. The number of esters is 1. The molecule has 0 spiro atoms. The molecular weight excluding hydrogens is 415 g/mol.